The van der Waals surface area contributed by atoms with Gasteiger partial charge in [0.15, 0.2) is 0 Å². The predicted molar refractivity (Wildman–Crippen MR) is 97.2 cm³/mol. The summed E-state index contributed by atoms with van der Waals surface area (Å²) in [6.07, 6.45) is 2.90. The van der Waals surface area contributed by atoms with Gasteiger partial charge in [-0.1, -0.05) is 30.3 Å². The SMILES string of the molecule is CNCCCCN1CCCN(C(=O)OCc2ccccc2)CCC1=O. The van der Waals surface area contributed by atoms with Gasteiger partial charge in [0.05, 0.1) is 0 Å². The third-order valence-corrected chi connectivity index (χ3v) is 4.37. The molecule has 0 unspecified atom stereocenters. The average molecular weight is 347 g/mol. The summed E-state index contributed by atoms with van der Waals surface area (Å²) in [5.41, 5.74) is 0.965. The number of hydrogen-bond donors (Lipinski definition) is 1. The maximum atomic E-state index is 12.3. The summed E-state index contributed by atoms with van der Waals surface area (Å²) in [5, 5.41) is 3.12. The van der Waals surface area contributed by atoms with Gasteiger partial charge < -0.3 is 19.9 Å². The zero-order chi connectivity index (χ0) is 17.9. The minimum absolute atomic E-state index is 0.130. The molecule has 0 bridgehead atoms. The number of ether oxygens (including phenoxy) is 1. The van der Waals surface area contributed by atoms with E-state index in [1.807, 2.05) is 42.3 Å². The van der Waals surface area contributed by atoms with Crippen LogP contribution in [0.25, 0.3) is 0 Å². The van der Waals surface area contributed by atoms with Gasteiger partial charge in [-0.15, -0.1) is 0 Å². The fourth-order valence-electron chi connectivity index (χ4n) is 2.91. The molecule has 0 atom stereocenters. The lowest BCUT2D eigenvalue weighted by Gasteiger charge is -2.30. The lowest BCUT2D eigenvalue weighted by molar-refractivity contribution is -0.132. The second kappa shape index (κ2) is 10.7. The van der Waals surface area contributed by atoms with E-state index in [9.17, 15) is 9.59 Å². The number of nitrogens with zero attached hydrogens (tertiary/aromatic N) is 2. The second-order valence-electron chi connectivity index (χ2n) is 6.32. The maximum absolute atomic E-state index is 12.3. The Bertz CT molecular complexity index is 536. The van der Waals surface area contributed by atoms with Crippen molar-refractivity contribution >= 4 is 12.0 Å². The van der Waals surface area contributed by atoms with Gasteiger partial charge in [0, 0.05) is 32.6 Å². The number of nitrogens with one attached hydrogen (secondary N) is 1. The molecule has 1 saturated heterocycles. The molecule has 0 saturated carbocycles. The summed E-state index contributed by atoms with van der Waals surface area (Å²) in [5.74, 6) is 0.130. The predicted octanol–water partition coefficient (Wildman–Crippen LogP) is 2.25. The van der Waals surface area contributed by atoms with Gasteiger partial charge in [-0.3, -0.25) is 4.79 Å². The van der Waals surface area contributed by atoms with Crippen LogP contribution in [0.4, 0.5) is 4.79 Å². The Labute approximate surface area is 150 Å². The van der Waals surface area contributed by atoms with Crippen LogP contribution in [0.3, 0.4) is 0 Å². The quantitative estimate of drug-likeness (QED) is 0.769. The lowest BCUT2D eigenvalue weighted by Crippen LogP contribution is -2.43. The van der Waals surface area contributed by atoms with E-state index in [-0.39, 0.29) is 18.6 Å². The van der Waals surface area contributed by atoms with Crippen LogP contribution >= 0.6 is 0 Å². The number of amides is 2. The number of benzene rings is 1. The molecular formula is C19H29N3O3. The van der Waals surface area contributed by atoms with Crippen LogP contribution in [0.15, 0.2) is 30.3 Å². The molecule has 138 valence electrons. The highest BCUT2D eigenvalue weighted by molar-refractivity contribution is 5.77. The van der Waals surface area contributed by atoms with Crippen molar-refractivity contribution in [1.82, 2.24) is 15.1 Å². The molecule has 6 heteroatoms. The largest absolute Gasteiger partial charge is 0.445 e. The lowest BCUT2D eigenvalue weighted by atomic mass is 10.2. The molecule has 0 radical (unpaired) electrons. The first-order chi connectivity index (χ1) is 12.2. The van der Waals surface area contributed by atoms with E-state index in [1.165, 1.54) is 0 Å². The van der Waals surface area contributed by atoms with Gasteiger partial charge in [0.1, 0.15) is 6.61 Å². The third kappa shape index (κ3) is 6.74. The van der Waals surface area contributed by atoms with Crippen molar-refractivity contribution in [3.63, 3.8) is 0 Å². The molecule has 2 amide bonds. The fraction of sp³-hybridized carbons (Fsp3) is 0.579. The van der Waals surface area contributed by atoms with E-state index in [2.05, 4.69) is 5.32 Å². The maximum Gasteiger partial charge on any atom is 0.410 e. The summed E-state index contributed by atoms with van der Waals surface area (Å²) in [6, 6.07) is 9.62. The summed E-state index contributed by atoms with van der Waals surface area (Å²) in [4.78, 5) is 28.1. The van der Waals surface area contributed by atoms with E-state index in [1.54, 1.807) is 4.90 Å². The molecule has 1 N–H and O–H groups in total. The van der Waals surface area contributed by atoms with Crippen LogP contribution in [0.5, 0.6) is 0 Å². The molecule has 1 aliphatic rings. The van der Waals surface area contributed by atoms with Crippen molar-refractivity contribution in [1.29, 1.82) is 0 Å². The monoisotopic (exact) mass is 347 g/mol. The molecule has 0 aliphatic carbocycles. The first-order valence-corrected chi connectivity index (χ1v) is 9.08. The molecule has 0 aromatic heterocycles. The van der Waals surface area contributed by atoms with E-state index >= 15 is 0 Å². The van der Waals surface area contributed by atoms with Crippen LogP contribution in [0, 0.1) is 0 Å². The average Bonchev–Trinajstić information content (AvgIpc) is 2.63. The Morgan fingerprint density at radius 2 is 1.96 bits per heavy atom. The first kappa shape index (κ1) is 19.2. The number of unbranched alkanes of at least 4 members (excludes halogenated alkanes) is 1. The van der Waals surface area contributed by atoms with Crippen LogP contribution in [0.1, 0.15) is 31.2 Å². The van der Waals surface area contributed by atoms with Gasteiger partial charge in [0.25, 0.3) is 0 Å². The summed E-state index contributed by atoms with van der Waals surface area (Å²) in [7, 11) is 1.94. The van der Waals surface area contributed by atoms with Crippen molar-refractivity contribution in [3.05, 3.63) is 35.9 Å². The minimum atomic E-state index is -0.334. The van der Waals surface area contributed by atoms with Gasteiger partial charge >= 0.3 is 6.09 Å². The summed E-state index contributed by atoms with van der Waals surface area (Å²) < 4.78 is 5.37. The number of carbonyl (C=O) groups is 2. The molecule has 2 rings (SSSR count). The zero-order valence-electron chi connectivity index (χ0n) is 15.1. The number of rotatable bonds is 7. The van der Waals surface area contributed by atoms with Gasteiger partial charge in [-0.2, -0.15) is 0 Å². The van der Waals surface area contributed by atoms with Gasteiger partial charge in [0.2, 0.25) is 5.91 Å². The molecule has 1 aromatic carbocycles. The van der Waals surface area contributed by atoms with Crippen molar-refractivity contribution in [2.45, 2.75) is 32.3 Å². The van der Waals surface area contributed by atoms with Crippen LogP contribution < -0.4 is 5.32 Å². The van der Waals surface area contributed by atoms with Crippen molar-refractivity contribution in [2.24, 2.45) is 0 Å². The van der Waals surface area contributed by atoms with Crippen LogP contribution in [-0.2, 0) is 16.1 Å². The van der Waals surface area contributed by atoms with Gasteiger partial charge in [-0.25, -0.2) is 4.79 Å². The molecule has 6 nitrogen and oxygen atoms in total. The van der Waals surface area contributed by atoms with Gasteiger partial charge in [-0.05, 0) is 38.4 Å². The Morgan fingerprint density at radius 1 is 1.16 bits per heavy atom. The van der Waals surface area contributed by atoms with Crippen molar-refractivity contribution < 1.29 is 14.3 Å². The topological polar surface area (TPSA) is 61.9 Å². The molecule has 0 spiro atoms. The molecule has 1 heterocycles. The normalized spacial score (nSPS) is 15.6. The highest BCUT2D eigenvalue weighted by Crippen LogP contribution is 2.10. The van der Waals surface area contributed by atoms with E-state index in [4.69, 9.17) is 4.74 Å². The highest BCUT2D eigenvalue weighted by Gasteiger charge is 2.22. The number of hydrogen-bond acceptors (Lipinski definition) is 4. The van der Waals surface area contributed by atoms with Crippen LogP contribution in [-0.4, -0.2) is 61.6 Å². The van der Waals surface area contributed by atoms with E-state index < -0.39 is 0 Å². The molecule has 1 aliphatic heterocycles. The zero-order valence-corrected chi connectivity index (χ0v) is 15.1. The van der Waals surface area contributed by atoms with E-state index in [0.717, 1.165) is 37.9 Å². The highest BCUT2D eigenvalue weighted by atomic mass is 16.6. The summed E-state index contributed by atoms with van der Waals surface area (Å²) in [6.45, 7) is 3.82. The van der Waals surface area contributed by atoms with Crippen molar-refractivity contribution in [2.75, 3.05) is 39.8 Å². The summed E-state index contributed by atoms with van der Waals surface area (Å²) >= 11 is 0. The first-order valence-electron chi connectivity index (χ1n) is 9.08. The Hall–Kier alpha value is -2.08. The third-order valence-electron chi connectivity index (χ3n) is 4.37. The minimum Gasteiger partial charge on any atom is -0.445 e. The standard InChI is InChI=1S/C19H29N3O3/c1-20-11-5-6-12-21-13-7-14-22(15-10-18(21)23)19(24)25-16-17-8-3-2-4-9-17/h2-4,8-9,20H,5-7,10-16H2,1H3. The smallest absolute Gasteiger partial charge is 0.410 e. The Kier molecular flexibility index (Phi) is 8.25. The van der Waals surface area contributed by atoms with Crippen molar-refractivity contribution in [3.8, 4) is 0 Å². The Morgan fingerprint density at radius 3 is 2.72 bits per heavy atom. The van der Waals surface area contributed by atoms with E-state index in [0.29, 0.717) is 26.1 Å². The molecule has 1 fully saturated rings. The molecular weight excluding hydrogens is 318 g/mol. The number of carbonyl (C=O) groups excluding carboxylic acids is 2. The fourth-order valence-corrected chi connectivity index (χ4v) is 2.91. The molecule has 1 aromatic rings. The Balaban J connectivity index is 1.74. The molecule has 25 heavy (non-hydrogen) atoms. The second-order valence-corrected chi connectivity index (χ2v) is 6.32. The van der Waals surface area contributed by atoms with Crippen LogP contribution in [0.2, 0.25) is 0 Å².